The van der Waals surface area contributed by atoms with Gasteiger partial charge in [-0.2, -0.15) is 0 Å². The largest absolute Gasteiger partial charge is 0.573 e. The van der Waals surface area contributed by atoms with E-state index in [1.54, 1.807) is 31.3 Å². The number of carbonyl (C=O) groups is 1. The summed E-state index contributed by atoms with van der Waals surface area (Å²) in [6, 6.07) is 11.9. The lowest BCUT2D eigenvalue weighted by molar-refractivity contribution is -0.274. The molecule has 4 rings (SSSR count). The minimum Gasteiger partial charge on any atom is -0.493 e. The molecule has 13 heteroatoms. The van der Waals surface area contributed by atoms with Crippen molar-refractivity contribution in [3.63, 3.8) is 0 Å². The van der Waals surface area contributed by atoms with E-state index in [-0.39, 0.29) is 11.8 Å². The van der Waals surface area contributed by atoms with Gasteiger partial charge in [-0.25, -0.2) is 4.79 Å². The molecule has 2 amide bonds. The Morgan fingerprint density at radius 2 is 1.50 bits per heavy atom. The van der Waals surface area contributed by atoms with Crippen LogP contribution >= 0.6 is 0 Å². The summed E-state index contributed by atoms with van der Waals surface area (Å²) in [4.78, 5) is 16.2. The second-order valence-corrected chi connectivity index (χ2v) is 8.17. The summed E-state index contributed by atoms with van der Waals surface area (Å²) in [6.45, 7) is 1.92. The van der Waals surface area contributed by atoms with Crippen LogP contribution in [0.3, 0.4) is 0 Å². The van der Waals surface area contributed by atoms with Crippen molar-refractivity contribution in [2.45, 2.75) is 6.36 Å². The number of piperazine rings is 1. The number of urea groups is 1. The van der Waals surface area contributed by atoms with E-state index in [4.69, 9.17) is 14.2 Å². The van der Waals surface area contributed by atoms with Crippen molar-refractivity contribution >= 4 is 17.5 Å². The summed E-state index contributed by atoms with van der Waals surface area (Å²) in [7, 11) is 4.62. The molecule has 0 bridgehead atoms. The first-order valence-corrected chi connectivity index (χ1v) is 11.5. The molecule has 0 aliphatic carbocycles. The van der Waals surface area contributed by atoms with E-state index in [1.165, 1.54) is 19.2 Å². The van der Waals surface area contributed by atoms with Crippen molar-refractivity contribution in [1.82, 2.24) is 15.1 Å². The summed E-state index contributed by atoms with van der Waals surface area (Å²) < 4.78 is 56.9. The van der Waals surface area contributed by atoms with E-state index in [0.717, 1.165) is 17.7 Å². The van der Waals surface area contributed by atoms with Gasteiger partial charge in [0, 0.05) is 37.4 Å². The second-order valence-electron chi connectivity index (χ2n) is 8.17. The zero-order valence-electron chi connectivity index (χ0n) is 20.9. The van der Waals surface area contributed by atoms with E-state index in [1.807, 2.05) is 17.0 Å². The fraction of sp³-hybridized carbons (Fsp3) is 0.320. The Labute approximate surface area is 216 Å². The average molecular weight is 534 g/mol. The topological polar surface area (TPSA) is 98.3 Å². The number of amides is 2. The molecule has 0 saturated carbocycles. The first-order chi connectivity index (χ1) is 18.2. The van der Waals surface area contributed by atoms with Gasteiger partial charge in [-0.15, -0.1) is 23.4 Å². The molecule has 2 heterocycles. The smallest absolute Gasteiger partial charge is 0.493 e. The Morgan fingerprint density at radius 1 is 0.868 bits per heavy atom. The number of anilines is 2. The summed E-state index contributed by atoms with van der Waals surface area (Å²) >= 11 is 0. The van der Waals surface area contributed by atoms with Gasteiger partial charge in [-0.05, 0) is 48.5 Å². The molecule has 0 unspecified atom stereocenters. The highest BCUT2D eigenvalue weighted by molar-refractivity contribution is 5.89. The lowest BCUT2D eigenvalue weighted by Crippen LogP contribution is -2.50. The Balaban J connectivity index is 1.34. The summed E-state index contributed by atoms with van der Waals surface area (Å²) in [5, 5.41) is 11.4. The van der Waals surface area contributed by atoms with Crippen LogP contribution in [0.1, 0.15) is 0 Å². The van der Waals surface area contributed by atoms with Crippen LogP contribution in [0.5, 0.6) is 23.0 Å². The zero-order valence-corrected chi connectivity index (χ0v) is 20.9. The number of nitrogens with one attached hydrogen (secondary N) is 1. The standard InChI is InChI=1S/C25H26F3N5O5/c1-35-20-14-16(15-21(36-2)23(20)37-3)19-8-9-22(31-30-19)32-10-12-33(13-11-32)24(34)29-17-4-6-18(7-5-17)38-25(26,27)28/h4-9,14-15H,10-13H2,1-3H3,(H,29,34). The number of carbonyl (C=O) groups excluding carboxylic acids is 1. The Hall–Kier alpha value is -4.42. The van der Waals surface area contributed by atoms with Crippen molar-refractivity contribution in [2.24, 2.45) is 0 Å². The van der Waals surface area contributed by atoms with Crippen molar-refractivity contribution in [2.75, 3.05) is 57.7 Å². The molecule has 0 spiro atoms. The number of methoxy groups -OCH3 is 3. The van der Waals surface area contributed by atoms with Gasteiger partial charge in [0.05, 0.1) is 27.0 Å². The number of benzene rings is 2. The number of hydrogen-bond donors (Lipinski definition) is 1. The van der Waals surface area contributed by atoms with Gasteiger partial charge in [0.2, 0.25) is 5.75 Å². The second kappa shape index (κ2) is 11.3. The van der Waals surface area contributed by atoms with Crippen LogP contribution in [0.25, 0.3) is 11.3 Å². The molecule has 2 aromatic carbocycles. The molecule has 0 radical (unpaired) electrons. The van der Waals surface area contributed by atoms with Gasteiger partial charge in [0.25, 0.3) is 0 Å². The summed E-state index contributed by atoms with van der Waals surface area (Å²) in [5.74, 6) is 1.81. The van der Waals surface area contributed by atoms with Crippen LogP contribution in [0.15, 0.2) is 48.5 Å². The Morgan fingerprint density at radius 3 is 2.00 bits per heavy atom. The lowest BCUT2D eigenvalue weighted by Gasteiger charge is -2.35. The van der Waals surface area contributed by atoms with Gasteiger partial charge in [-0.3, -0.25) is 0 Å². The van der Waals surface area contributed by atoms with E-state index >= 15 is 0 Å². The highest BCUT2D eigenvalue weighted by Crippen LogP contribution is 2.40. The van der Waals surface area contributed by atoms with Crippen LogP contribution in [0.2, 0.25) is 0 Å². The van der Waals surface area contributed by atoms with Gasteiger partial charge in [0.1, 0.15) is 5.75 Å². The first-order valence-electron chi connectivity index (χ1n) is 11.5. The molecule has 1 aromatic heterocycles. The maximum absolute atomic E-state index is 12.6. The molecular weight excluding hydrogens is 507 g/mol. The van der Waals surface area contributed by atoms with Crippen LogP contribution < -0.4 is 29.2 Å². The molecule has 1 fully saturated rings. The van der Waals surface area contributed by atoms with E-state index in [2.05, 4.69) is 20.3 Å². The number of ether oxygens (including phenoxy) is 4. The average Bonchev–Trinajstić information content (AvgIpc) is 2.92. The van der Waals surface area contributed by atoms with Crippen LogP contribution in [0.4, 0.5) is 29.5 Å². The highest BCUT2D eigenvalue weighted by Gasteiger charge is 2.31. The minimum atomic E-state index is -4.77. The van der Waals surface area contributed by atoms with Crippen LogP contribution in [-0.4, -0.2) is 75.0 Å². The van der Waals surface area contributed by atoms with Gasteiger partial charge >= 0.3 is 12.4 Å². The third kappa shape index (κ3) is 6.28. The number of halogens is 3. The van der Waals surface area contributed by atoms with Crippen molar-refractivity contribution in [3.8, 4) is 34.3 Å². The minimum absolute atomic E-state index is 0.349. The fourth-order valence-corrected chi connectivity index (χ4v) is 3.96. The lowest BCUT2D eigenvalue weighted by atomic mass is 10.1. The predicted molar refractivity (Wildman–Crippen MR) is 133 cm³/mol. The molecule has 3 aromatic rings. The van der Waals surface area contributed by atoms with Gasteiger partial charge in [0.15, 0.2) is 17.3 Å². The highest BCUT2D eigenvalue weighted by atomic mass is 19.4. The van der Waals surface area contributed by atoms with E-state index in [0.29, 0.717) is 60.6 Å². The molecule has 1 aliphatic rings. The molecule has 0 atom stereocenters. The maximum Gasteiger partial charge on any atom is 0.573 e. The number of aromatic nitrogens is 2. The molecule has 202 valence electrons. The molecule has 1 aliphatic heterocycles. The van der Waals surface area contributed by atoms with E-state index in [9.17, 15) is 18.0 Å². The molecule has 38 heavy (non-hydrogen) atoms. The molecule has 1 N–H and O–H groups in total. The SMILES string of the molecule is COc1cc(-c2ccc(N3CCN(C(=O)Nc4ccc(OC(F)(F)F)cc4)CC3)nn2)cc(OC)c1OC. The fourth-order valence-electron chi connectivity index (χ4n) is 3.96. The van der Waals surface area contributed by atoms with Crippen LogP contribution in [0, 0.1) is 0 Å². The summed E-state index contributed by atoms with van der Waals surface area (Å²) in [6.07, 6.45) is -4.77. The third-order valence-electron chi connectivity index (χ3n) is 5.84. The Bertz CT molecular complexity index is 1220. The summed E-state index contributed by atoms with van der Waals surface area (Å²) in [5.41, 5.74) is 1.73. The normalized spacial score (nSPS) is 13.6. The van der Waals surface area contributed by atoms with Crippen molar-refractivity contribution in [1.29, 1.82) is 0 Å². The first kappa shape index (κ1) is 26.6. The quantitative estimate of drug-likeness (QED) is 0.477. The zero-order chi connectivity index (χ0) is 27.3. The predicted octanol–water partition coefficient (Wildman–Crippen LogP) is 4.42. The number of alkyl halides is 3. The molecule has 10 nitrogen and oxygen atoms in total. The monoisotopic (exact) mass is 533 g/mol. The van der Waals surface area contributed by atoms with Gasteiger partial charge < -0.3 is 34.1 Å². The maximum atomic E-state index is 12.6. The van der Waals surface area contributed by atoms with Gasteiger partial charge in [-0.1, -0.05) is 0 Å². The third-order valence-corrected chi connectivity index (χ3v) is 5.84. The molecular formula is C25H26F3N5O5. The van der Waals surface area contributed by atoms with Crippen LogP contribution in [-0.2, 0) is 0 Å². The number of nitrogens with zero attached hydrogens (tertiary/aromatic N) is 4. The molecule has 1 saturated heterocycles. The van der Waals surface area contributed by atoms with E-state index < -0.39 is 6.36 Å². The number of hydrogen-bond acceptors (Lipinski definition) is 8. The number of rotatable bonds is 7. The Kier molecular flexibility index (Phi) is 7.93. The van der Waals surface area contributed by atoms with Crippen molar-refractivity contribution in [3.05, 3.63) is 48.5 Å². The van der Waals surface area contributed by atoms with Crippen molar-refractivity contribution < 1.29 is 36.9 Å².